The molecule has 1 aliphatic heterocycles. The van der Waals surface area contributed by atoms with Crippen LogP contribution in [0, 0.1) is 0 Å². The van der Waals surface area contributed by atoms with Crippen LogP contribution in [0.5, 0.6) is 11.5 Å². The number of aromatic carboxylic acids is 1. The summed E-state index contributed by atoms with van der Waals surface area (Å²) in [5.41, 5.74) is 2.70. The van der Waals surface area contributed by atoms with Gasteiger partial charge in [0.15, 0.2) is 5.75 Å². The van der Waals surface area contributed by atoms with Gasteiger partial charge < -0.3 is 14.7 Å². The van der Waals surface area contributed by atoms with Crippen molar-refractivity contribution in [3.05, 3.63) is 76.8 Å². The van der Waals surface area contributed by atoms with E-state index in [9.17, 15) is 9.90 Å². The molecule has 3 aromatic rings. The lowest BCUT2D eigenvalue weighted by Gasteiger charge is -2.23. The molecular weight excluding hydrogens is 364 g/mol. The number of para-hydroxylation sites is 1. The van der Waals surface area contributed by atoms with E-state index < -0.39 is 5.97 Å². The first kappa shape index (κ1) is 18.7. The van der Waals surface area contributed by atoms with Crippen LogP contribution in [0.15, 0.2) is 60.7 Å². The van der Waals surface area contributed by atoms with E-state index in [1.165, 1.54) is 0 Å². The van der Waals surface area contributed by atoms with Crippen molar-refractivity contribution in [3.8, 4) is 11.5 Å². The SMILES string of the molecule is C=c1ccc2c(c1)Oc1cc(N(CC)CC)ccc1[N+]=2c1ccccc1C(=O)O. The molecule has 0 fully saturated rings. The number of nitrogens with zero attached hydrogens (tertiary/aromatic N) is 2. The predicted molar refractivity (Wildman–Crippen MR) is 115 cm³/mol. The van der Waals surface area contributed by atoms with E-state index in [-0.39, 0.29) is 5.56 Å². The number of carboxylic acid groups (broad SMARTS) is 1. The van der Waals surface area contributed by atoms with Crippen LogP contribution in [-0.2, 0) is 0 Å². The van der Waals surface area contributed by atoms with Crippen LogP contribution in [0.25, 0.3) is 6.58 Å². The van der Waals surface area contributed by atoms with E-state index in [0.29, 0.717) is 17.2 Å². The summed E-state index contributed by atoms with van der Waals surface area (Å²) in [6.45, 7) is 10.0. The van der Waals surface area contributed by atoms with Crippen molar-refractivity contribution >= 4 is 29.6 Å². The van der Waals surface area contributed by atoms with Crippen LogP contribution in [0.2, 0.25) is 0 Å². The van der Waals surface area contributed by atoms with Crippen molar-refractivity contribution in [2.45, 2.75) is 13.8 Å². The summed E-state index contributed by atoms with van der Waals surface area (Å²) in [4.78, 5) is 14.1. The number of hydrogen-bond donors (Lipinski definition) is 1. The first-order valence-electron chi connectivity index (χ1n) is 9.68. The molecule has 0 aromatic heterocycles. The van der Waals surface area contributed by atoms with Gasteiger partial charge in [0.05, 0.1) is 0 Å². The van der Waals surface area contributed by atoms with Gasteiger partial charge in [-0.15, -0.1) is 4.58 Å². The normalized spacial score (nSPS) is 12.0. The Kier molecular flexibility index (Phi) is 4.80. The highest BCUT2D eigenvalue weighted by Crippen LogP contribution is 2.39. The van der Waals surface area contributed by atoms with Gasteiger partial charge in [0, 0.05) is 43.0 Å². The summed E-state index contributed by atoms with van der Waals surface area (Å²) in [6, 6.07) is 18.7. The predicted octanol–water partition coefficient (Wildman–Crippen LogP) is 3.90. The summed E-state index contributed by atoms with van der Waals surface area (Å²) in [6.07, 6.45) is 0. The Morgan fingerprint density at radius 1 is 1.00 bits per heavy atom. The Morgan fingerprint density at radius 2 is 1.76 bits per heavy atom. The third-order valence-electron chi connectivity index (χ3n) is 5.17. The molecule has 0 radical (unpaired) electrons. The van der Waals surface area contributed by atoms with E-state index in [4.69, 9.17) is 4.74 Å². The van der Waals surface area contributed by atoms with E-state index in [0.717, 1.165) is 35.0 Å². The third kappa shape index (κ3) is 3.25. The van der Waals surface area contributed by atoms with Crippen molar-refractivity contribution < 1.29 is 14.6 Å². The largest absolute Gasteiger partial charge is 0.477 e. The number of fused-ring (bicyclic) bond motifs is 2. The molecule has 5 nitrogen and oxygen atoms in total. The number of carboxylic acids is 1. The average molecular weight is 387 g/mol. The van der Waals surface area contributed by atoms with Crippen molar-refractivity contribution in [2.75, 3.05) is 18.0 Å². The number of rotatable bonds is 5. The second-order valence-corrected chi connectivity index (χ2v) is 6.89. The van der Waals surface area contributed by atoms with Gasteiger partial charge in [0.25, 0.3) is 11.0 Å². The number of anilines is 1. The lowest BCUT2D eigenvalue weighted by Crippen LogP contribution is -2.29. The minimum absolute atomic E-state index is 0.234. The number of carbonyl (C=O) groups is 1. The fourth-order valence-electron chi connectivity index (χ4n) is 3.74. The standard InChI is InChI=1S/C24H22N2O3/c1-4-25(5-2)17-11-13-21-23(15-17)29-22-14-16(3)10-12-20(22)26(21)19-9-7-6-8-18(19)24(27)28/h6-15H,3-5H2,1-2H3/p+1. The van der Waals surface area contributed by atoms with Gasteiger partial charge >= 0.3 is 5.97 Å². The Hall–Kier alpha value is -3.60. The van der Waals surface area contributed by atoms with Gasteiger partial charge in [-0.25, -0.2) is 4.79 Å². The minimum Gasteiger partial charge on any atom is -0.477 e. The molecule has 0 unspecified atom stereocenters. The van der Waals surface area contributed by atoms with Gasteiger partial charge in [0.1, 0.15) is 5.56 Å². The van der Waals surface area contributed by atoms with E-state index >= 15 is 0 Å². The monoisotopic (exact) mass is 387 g/mol. The van der Waals surface area contributed by atoms with Gasteiger partial charge in [0.2, 0.25) is 11.4 Å². The molecular formula is C24H23N2O3+. The molecule has 0 saturated carbocycles. The average Bonchev–Trinajstić information content (AvgIpc) is 2.72. The molecule has 0 saturated heterocycles. The van der Waals surface area contributed by atoms with Gasteiger partial charge in [-0.2, -0.15) is 0 Å². The summed E-state index contributed by atoms with van der Waals surface area (Å²) >= 11 is 0. The molecule has 0 amide bonds. The highest BCUT2D eigenvalue weighted by atomic mass is 16.5. The molecule has 3 aromatic carbocycles. The lowest BCUT2D eigenvalue weighted by atomic mass is 10.1. The quantitative estimate of drug-likeness (QED) is 0.528. The minimum atomic E-state index is -0.969. The fraction of sp³-hybridized carbons (Fsp3) is 0.167. The Morgan fingerprint density at radius 3 is 2.48 bits per heavy atom. The molecule has 0 bridgehead atoms. The van der Waals surface area contributed by atoms with Crippen LogP contribution in [-0.4, -0.2) is 24.2 Å². The van der Waals surface area contributed by atoms with E-state index in [1.807, 2.05) is 53.1 Å². The first-order valence-corrected chi connectivity index (χ1v) is 9.68. The Balaban J connectivity index is 2.04. The van der Waals surface area contributed by atoms with E-state index in [2.05, 4.69) is 25.3 Å². The Labute approximate surface area is 169 Å². The first-order chi connectivity index (χ1) is 14.0. The topological polar surface area (TPSA) is 52.8 Å². The highest BCUT2D eigenvalue weighted by molar-refractivity contribution is 5.94. The molecule has 1 N–H and O–H groups in total. The molecule has 1 heterocycles. The van der Waals surface area contributed by atoms with Crippen LogP contribution < -0.4 is 24.8 Å². The zero-order chi connectivity index (χ0) is 20.5. The van der Waals surface area contributed by atoms with Crippen molar-refractivity contribution in [1.29, 1.82) is 0 Å². The molecule has 29 heavy (non-hydrogen) atoms. The van der Waals surface area contributed by atoms with Gasteiger partial charge in [-0.05, 0) is 43.3 Å². The van der Waals surface area contributed by atoms with Crippen LogP contribution in [0.1, 0.15) is 24.2 Å². The molecule has 0 atom stereocenters. The lowest BCUT2D eigenvalue weighted by molar-refractivity contribution is 0.0697. The van der Waals surface area contributed by atoms with Gasteiger partial charge in [-0.1, -0.05) is 18.7 Å². The second kappa shape index (κ2) is 7.43. The van der Waals surface area contributed by atoms with Crippen LogP contribution in [0.3, 0.4) is 0 Å². The zero-order valence-electron chi connectivity index (χ0n) is 16.6. The van der Waals surface area contributed by atoms with Gasteiger partial charge in [-0.3, -0.25) is 0 Å². The number of ether oxygens (including phenoxy) is 1. The maximum Gasteiger partial charge on any atom is 0.342 e. The van der Waals surface area contributed by atoms with Crippen molar-refractivity contribution in [2.24, 2.45) is 0 Å². The van der Waals surface area contributed by atoms with Crippen molar-refractivity contribution in [1.82, 2.24) is 4.58 Å². The van der Waals surface area contributed by atoms with Crippen LogP contribution in [0.4, 0.5) is 17.1 Å². The number of benzene rings is 3. The summed E-state index contributed by atoms with van der Waals surface area (Å²) in [7, 11) is 0. The molecule has 4 rings (SSSR count). The molecule has 0 aliphatic carbocycles. The summed E-state index contributed by atoms with van der Waals surface area (Å²) in [5, 5.41) is 11.4. The summed E-state index contributed by atoms with van der Waals surface area (Å²) in [5.74, 6) is 0.373. The highest BCUT2D eigenvalue weighted by Gasteiger charge is 2.31. The third-order valence-corrected chi connectivity index (χ3v) is 5.17. The Bertz CT molecular complexity index is 1210. The molecule has 1 aliphatic rings. The van der Waals surface area contributed by atoms with Crippen molar-refractivity contribution in [3.63, 3.8) is 0 Å². The molecule has 146 valence electrons. The fourth-order valence-corrected chi connectivity index (χ4v) is 3.74. The maximum atomic E-state index is 11.9. The van der Waals surface area contributed by atoms with E-state index in [1.54, 1.807) is 12.1 Å². The molecule has 5 heteroatoms. The zero-order valence-corrected chi connectivity index (χ0v) is 16.6. The second-order valence-electron chi connectivity index (χ2n) is 6.89. The number of hydrogen-bond acceptors (Lipinski definition) is 3. The maximum absolute atomic E-state index is 11.9. The van der Waals surface area contributed by atoms with Crippen LogP contribution >= 0.6 is 0 Å². The summed E-state index contributed by atoms with van der Waals surface area (Å²) < 4.78 is 8.18. The molecule has 0 spiro atoms. The smallest absolute Gasteiger partial charge is 0.342 e.